The molecule has 2 heterocycles. The van der Waals surface area contributed by atoms with Crippen LogP contribution in [0.5, 0.6) is 0 Å². The van der Waals surface area contributed by atoms with Crippen LogP contribution in [-0.2, 0) is 6.61 Å². The van der Waals surface area contributed by atoms with E-state index in [1.807, 2.05) is 33.0 Å². The smallest absolute Gasteiger partial charge is 0.137 e. The Morgan fingerprint density at radius 3 is 2.47 bits per heavy atom. The molecule has 0 aliphatic carbocycles. The van der Waals surface area contributed by atoms with Gasteiger partial charge in [0.05, 0.1) is 6.61 Å². The van der Waals surface area contributed by atoms with Crippen LogP contribution in [0.1, 0.15) is 45.9 Å². The second-order valence-electron chi connectivity index (χ2n) is 5.16. The van der Waals surface area contributed by atoms with Gasteiger partial charge in [-0.15, -0.1) is 11.8 Å². The number of hydrogen-bond donors (Lipinski definition) is 1. The van der Waals surface area contributed by atoms with Crippen molar-refractivity contribution in [1.29, 1.82) is 0 Å². The topological polar surface area (TPSA) is 37.5 Å². The SMILES string of the molecule is CC.Cc1cnc2cc(CO)c(SC(C)(C)C)cn12. The molecule has 0 aliphatic rings. The Morgan fingerprint density at radius 2 is 1.95 bits per heavy atom. The monoisotopic (exact) mass is 280 g/mol. The van der Waals surface area contributed by atoms with Gasteiger partial charge in [0.2, 0.25) is 0 Å². The van der Waals surface area contributed by atoms with Crippen LogP contribution in [0, 0.1) is 6.92 Å². The average Bonchev–Trinajstić information content (AvgIpc) is 2.70. The summed E-state index contributed by atoms with van der Waals surface area (Å²) in [6.07, 6.45) is 3.92. The van der Waals surface area contributed by atoms with Gasteiger partial charge in [0.1, 0.15) is 5.65 Å². The second kappa shape index (κ2) is 6.44. The van der Waals surface area contributed by atoms with Gasteiger partial charge in [-0.25, -0.2) is 4.98 Å². The molecule has 2 rings (SSSR count). The van der Waals surface area contributed by atoms with Crippen molar-refractivity contribution in [3.8, 4) is 0 Å². The zero-order chi connectivity index (χ0) is 14.6. The minimum absolute atomic E-state index is 0.0564. The van der Waals surface area contributed by atoms with Crippen molar-refractivity contribution in [2.75, 3.05) is 0 Å². The summed E-state index contributed by atoms with van der Waals surface area (Å²) in [5.74, 6) is 0. The number of thioether (sulfide) groups is 1. The zero-order valence-electron chi connectivity index (χ0n) is 12.7. The predicted molar refractivity (Wildman–Crippen MR) is 82.8 cm³/mol. The van der Waals surface area contributed by atoms with E-state index in [0.29, 0.717) is 0 Å². The highest BCUT2D eigenvalue weighted by Gasteiger charge is 2.16. The Morgan fingerprint density at radius 1 is 1.32 bits per heavy atom. The molecule has 1 N–H and O–H groups in total. The molecule has 0 bridgehead atoms. The summed E-state index contributed by atoms with van der Waals surface area (Å²) in [4.78, 5) is 5.43. The highest BCUT2D eigenvalue weighted by molar-refractivity contribution is 8.00. The van der Waals surface area contributed by atoms with E-state index in [-0.39, 0.29) is 11.4 Å². The summed E-state index contributed by atoms with van der Waals surface area (Å²) in [5.41, 5.74) is 2.95. The van der Waals surface area contributed by atoms with Gasteiger partial charge < -0.3 is 9.51 Å². The number of aryl methyl sites for hydroxylation is 1. The Kier molecular flexibility index (Phi) is 5.44. The van der Waals surface area contributed by atoms with Crippen LogP contribution in [0.4, 0.5) is 0 Å². The Balaban J connectivity index is 0.000000861. The molecule has 2 aromatic heterocycles. The summed E-state index contributed by atoms with van der Waals surface area (Å²) < 4.78 is 2.19. The lowest BCUT2D eigenvalue weighted by molar-refractivity contribution is 0.279. The molecule has 0 aliphatic heterocycles. The van der Waals surface area contributed by atoms with Crippen LogP contribution in [0.3, 0.4) is 0 Å². The molecular weight excluding hydrogens is 256 g/mol. The van der Waals surface area contributed by atoms with Gasteiger partial charge in [0.15, 0.2) is 0 Å². The van der Waals surface area contributed by atoms with Crippen molar-refractivity contribution in [2.24, 2.45) is 0 Å². The van der Waals surface area contributed by atoms with Crippen LogP contribution >= 0.6 is 11.8 Å². The summed E-state index contributed by atoms with van der Waals surface area (Å²) >= 11 is 1.77. The summed E-state index contributed by atoms with van der Waals surface area (Å²) in [6, 6.07) is 1.96. The number of aliphatic hydroxyl groups excluding tert-OH is 1. The molecule has 0 radical (unpaired) electrons. The standard InChI is InChI=1S/C13H18N2OS.C2H6/c1-9-6-14-12-5-10(8-16)11(7-15(9)12)17-13(2,3)4;1-2/h5-7,16H,8H2,1-4H3;1-2H3. The average molecular weight is 280 g/mol. The van der Waals surface area contributed by atoms with E-state index >= 15 is 0 Å². The fourth-order valence-corrected chi connectivity index (χ4v) is 2.78. The first kappa shape index (κ1) is 16.1. The van der Waals surface area contributed by atoms with Crippen molar-refractivity contribution < 1.29 is 5.11 Å². The van der Waals surface area contributed by atoms with Gasteiger partial charge >= 0.3 is 0 Å². The van der Waals surface area contributed by atoms with E-state index in [4.69, 9.17) is 0 Å². The molecule has 19 heavy (non-hydrogen) atoms. The number of hydrogen-bond acceptors (Lipinski definition) is 3. The lowest BCUT2D eigenvalue weighted by atomic mass is 10.2. The maximum absolute atomic E-state index is 9.43. The Hall–Kier alpha value is -1.00. The number of aromatic nitrogens is 2. The largest absolute Gasteiger partial charge is 0.392 e. The molecule has 0 unspecified atom stereocenters. The first-order valence-corrected chi connectivity index (χ1v) is 7.49. The van der Waals surface area contributed by atoms with Gasteiger partial charge in [-0.2, -0.15) is 0 Å². The highest BCUT2D eigenvalue weighted by atomic mass is 32.2. The van der Waals surface area contributed by atoms with E-state index in [9.17, 15) is 5.11 Å². The maximum Gasteiger partial charge on any atom is 0.137 e. The summed E-state index contributed by atoms with van der Waals surface area (Å²) in [7, 11) is 0. The lowest BCUT2D eigenvalue weighted by Gasteiger charge is -2.19. The molecule has 2 aromatic rings. The molecule has 0 amide bonds. The van der Waals surface area contributed by atoms with Gasteiger partial charge in [0.25, 0.3) is 0 Å². The third-order valence-electron chi connectivity index (χ3n) is 2.46. The molecule has 0 spiro atoms. The van der Waals surface area contributed by atoms with Crippen molar-refractivity contribution in [3.05, 3.63) is 29.7 Å². The predicted octanol–water partition coefficient (Wildman–Crippen LogP) is 4.05. The van der Waals surface area contributed by atoms with Gasteiger partial charge in [-0.3, -0.25) is 0 Å². The first-order valence-electron chi connectivity index (χ1n) is 6.67. The first-order chi connectivity index (χ1) is 8.90. The third-order valence-corrected chi connectivity index (χ3v) is 3.66. The molecule has 0 fully saturated rings. The molecule has 0 saturated heterocycles. The lowest BCUT2D eigenvalue weighted by Crippen LogP contribution is -2.08. The van der Waals surface area contributed by atoms with E-state index in [2.05, 4.69) is 36.4 Å². The van der Waals surface area contributed by atoms with E-state index in [0.717, 1.165) is 21.8 Å². The van der Waals surface area contributed by atoms with Crippen LogP contribution in [0.15, 0.2) is 23.4 Å². The number of imidazole rings is 1. The molecule has 106 valence electrons. The van der Waals surface area contributed by atoms with Crippen LogP contribution in [-0.4, -0.2) is 19.2 Å². The fourth-order valence-electron chi connectivity index (χ4n) is 1.71. The van der Waals surface area contributed by atoms with Crippen LogP contribution in [0.2, 0.25) is 0 Å². The zero-order valence-corrected chi connectivity index (χ0v) is 13.5. The maximum atomic E-state index is 9.43. The van der Waals surface area contributed by atoms with Gasteiger partial charge in [0, 0.05) is 27.7 Å². The summed E-state index contributed by atoms with van der Waals surface area (Å²) in [5, 5.41) is 9.43. The molecule has 0 saturated carbocycles. The molecular formula is C15H24N2OS. The van der Waals surface area contributed by atoms with E-state index < -0.39 is 0 Å². The number of aliphatic hydroxyl groups is 1. The van der Waals surface area contributed by atoms with Crippen molar-refractivity contribution >= 4 is 17.4 Å². The quantitative estimate of drug-likeness (QED) is 0.843. The van der Waals surface area contributed by atoms with Crippen LogP contribution < -0.4 is 0 Å². The van der Waals surface area contributed by atoms with Crippen molar-refractivity contribution in [2.45, 2.75) is 57.8 Å². The van der Waals surface area contributed by atoms with Crippen molar-refractivity contribution in [1.82, 2.24) is 9.38 Å². The van der Waals surface area contributed by atoms with Crippen molar-refractivity contribution in [3.63, 3.8) is 0 Å². The van der Waals surface area contributed by atoms with E-state index in [1.165, 1.54) is 0 Å². The number of rotatable bonds is 2. The number of nitrogens with zero attached hydrogens (tertiary/aromatic N) is 2. The fraction of sp³-hybridized carbons (Fsp3) is 0.533. The number of fused-ring (bicyclic) bond motifs is 1. The molecule has 0 aromatic carbocycles. The summed E-state index contributed by atoms with van der Waals surface area (Å²) in [6.45, 7) is 12.6. The number of pyridine rings is 1. The van der Waals surface area contributed by atoms with Gasteiger partial charge in [-0.05, 0) is 18.6 Å². The Bertz CT molecular complexity index is 541. The highest BCUT2D eigenvalue weighted by Crippen LogP contribution is 2.34. The molecule has 3 nitrogen and oxygen atoms in total. The normalized spacial score (nSPS) is 11.3. The van der Waals surface area contributed by atoms with Crippen LogP contribution in [0.25, 0.3) is 5.65 Å². The second-order valence-corrected chi connectivity index (χ2v) is 7.03. The minimum Gasteiger partial charge on any atom is -0.392 e. The minimum atomic E-state index is 0.0564. The third kappa shape index (κ3) is 3.98. The Labute approximate surface area is 120 Å². The molecule has 0 atom stereocenters. The van der Waals surface area contributed by atoms with E-state index in [1.54, 1.807) is 11.8 Å². The molecule has 4 heteroatoms. The van der Waals surface area contributed by atoms with Gasteiger partial charge in [-0.1, -0.05) is 34.6 Å².